The second kappa shape index (κ2) is 9.66. The zero-order valence-corrected chi connectivity index (χ0v) is 21.4. The van der Waals surface area contributed by atoms with Gasteiger partial charge in [-0.15, -0.1) is 0 Å². The molecule has 0 amide bonds. The number of Topliss-reactive ketones (excluding diaryl/α,β-unsaturated/α-hetero) is 1. The number of methoxy groups -OCH3 is 3. The molecule has 7 heteroatoms. The number of benzene rings is 3. The van der Waals surface area contributed by atoms with E-state index in [1.165, 1.54) is 0 Å². The van der Waals surface area contributed by atoms with Gasteiger partial charge in [0.2, 0.25) is 0 Å². The van der Waals surface area contributed by atoms with Crippen molar-refractivity contribution < 1.29 is 19.0 Å². The molecule has 0 radical (unpaired) electrons. The average Bonchev–Trinajstić information content (AvgIpc) is 3.05. The van der Waals surface area contributed by atoms with Crippen LogP contribution in [-0.2, 0) is 4.79 Å². The molecule has 2 atom stereocenters. The largest absolute Gasteiger partial charge is 0.497 e. The summed E-state index contributed by atoms with van der Waals surface area (Å²) in [4.78, 5) is 13.8. The summed E-state index contributed by atoms with van der Waals surface area (Å²) in [6.45, 7) is 0. The van der Waals surface area contributed by atoms with E-state index in [-0.39, 0.29) is 17.7 Å². The van der Waals surface area contributed by atoms with Gasteiger partial charge in [-0.25, -0.2) is 0 Å². The van der Waals surface area contributed by atoms with Crippen LogP contribution < -0.4 is 24.8 Å². The number of ketones is 1. The topological polar surface area (TPSA) is 68.8 Å². The Hall–Kier alpha value is -3.45. The van der Waals surface area contributed by atoms with Gasteiger partial charge in [-0.05, 0) is 75.8 Å². The van der Waals surface area contributed by atoms with Crippen molar-refractivity contribution >= 4 is 33.1 Å². The molecule has 0 aromatic heterocycles. The quantitative estimate of drug-likeness (QED) is 0.391. The molecular weight excluding hydrogens is 508 g/mol. The lowest BCUT2D eigenvalue weighted by Gasteiger charge is -2.30. The van der Waals surface area contributed by atoms with Crippen LogP contribution in [0.25, 0.3) is 0 Å². The molecule has 1 aliphatic carbocycles. The summed E-state index contributed by atoms with van der Waals surface area (Å²) in [5.41, 5.74) is 5.62. The molecule has 0 spiro atoms. The maximum Gasteiger partial charge on any atom is 0.174 e. The van der Waals surface area contributed by atoms with Gasteiger partial charge in [-0.2, -0.15) is 0 Å². The van der Waals surface area contributed by atoms with E-state index >= 15 is 0 Å². The Bertz CT molecular complexity index is 1300. The molecule has 3 aromatic rings. The first-order chi connectivity index (χ1) is 17.0. The van der Waals surface area contributed by atoms with Crippen molar-refractivity contribution in [2.24, 2.45) is 0 Å². The molecule has 5 rings (SSSR count). The van der Waals surface area contributed by atoms with Gasteiger partial charge in [0, 0.05) is 17.7 Å². The van der Waals surface area contributed by atoms with Gasteiger partial charge in [-0.1, -0.05) is 24.3 Å². The van der Waals surface area contributed by atoms with Crippen LogP contribution in [0.4, 0.5) is 11.4 Å². The third-order valence-corrected chi connectivity index (χ3v) is 7.27. The van der Waals surface area contributed by atoms with E-state index in [1.54, 1.807) is 21.3 Å². The summed E-state index contributed by atoms with van der Waals surface area (Å²) in [5.74, 6) is 2.23. The maximum absolute atomic E-state index is 13.8. The Morgan fingerprint density at radius 1 is 0.857 bits per heavy atom. The SMILES string of the molecule is COc1ccc([C@H]2CC(=O)C3=C(C2)Nc2ccccc2N[C@@H]3c2cc(Br)c(OC)c(OC)c2)cc1. The fourth-order valence-electron chi connectivity index (χ4n) is 4.96. The normalized spacial score (nSPS) is 19.0. The highest BCUT2D eigenvalue weighted by Gasteiger charge is 2.36. The number of anilines is 2. The maximum atomic E-state index is 13.8. The molecule has 2 aliphatic rings. The summed E-state index contributed by atoms with van der Waals surface area (Å²) in [6, 6.07) is 19.6. The fourth-order valence-corrected chi connectivity index (χ4v) is 5.58. The van der Waals surface area contributed by atoms with Gasteiger partial charge in [0.05, 0.1) is 43.2 Å². The molecule has 0 unspecified atom stereocenters. The van der Waals surface area contributed by atoms with Crippen LogP contribution >= 0.6 is 15.9 Å². The number of allylic oxidation sites excluding steroid dienone is 1. The van der Waals surface area contributed by atoms with Crippen LogP contribution in [0.3, 0.4) is 0 Å². The molecule has 180 valence electrons. The Morgan fingerprint density at radius 3 is 2.29 bits per heavy atom. The molecule has 6 nitrogen and oxygen atoms in total. The van der Waals surface area contributed by atoms with Crippen LogP contribution in [-0.4, -0.2) is 27.1 Å². The highest BCUT2D eigenvalue weighted by Crippen LogP contribution is 2.46. The number of ether oxygens (including phenoxy) is 3. The minimum atomic E-state index is -0.346. The number of hydrogen-bond donors (Lipinski definition) is 2. The van der Waals surface area contributed by atoms with Crippen molar-refractivity contribution in [3.8, 4) is 17.2 Å². The van der Waals surface area contributed by atoms with E-state index in [4.69, 9.17) is 14.2 Å². The zero-order valence-electron chi connectivity index (χ0n) is 19.9. The molecule has 1 heterocycles. The summed E-state index contributed by atoms with van der Waals surface area (Å²) in [7, 11) is 4.88. The van der Waals surface area contributed by atoms with Crippen molar-refractivity contribution in [1.82, 2.24) is 0 Å². The lowest BCUT2D eigenvalue weighted by molar-refractivity contribution is -0.116. The van der Waals surface area contributed by atoms with E-state index in [2.05, 4.69) is 26.6 Å². The first kappa shape index (κ1) is 23.3. The van der Waals surface area contributed by atoms with E-state index in [0.717, 1.165) is 50.4 Å². The van der Waals surface area contributed by atoms with Crippen LogP contribution in [0.5, 0.6) is 17.2 Å². The summed E-state index contributed by atoms with van der Waals surface area (Å²) in [5, 5.41) is 7.20. The second-order valence-electron chi connectivity index (χ2n) is 8.68. The van der Waals surface area contributed by atoms with Gasteiger partial charge in [0.25, 0.3) is 0 Å². The van der Waals surface area contributed by atoms with E-state index < -0.39 is 0 Å². The van der Waals surface area contributed by atoms with E-state index in [1.807, 2.05) is 60.7 Å². The lowest BCUT2D eigenvalue weighted by Crippen LogP contribution is -2.27. The number of nitrogens with one attached hydrogen (secondary N) is 2. The molecule has 1 aliphatic heterocycles. The predicted molar refractivity (Wildman–Crippen MR) is 141 cm³/mol. The second-order valence-corrected chi connectivity index (χ2v) is 9.53. The molecular formula is C28H27BrN2O4. The summed E-state index contributed by atoms with van der Waals surface area (Å²) in [6.07, 6.45) is 1.17. The van der Waals surface area contributed by atoms with Crippen molar-refractivity contribution in [3.63, 3.8) is 0 Å². The van der Waals surface area contributed by atoms with Gasteiger partial charge >= 0.3 is 0 Å². The van der Waals surface area contributed by atoms with Crippen molar-refractivity contribution in [1.29, 1.82) is 0 Å². The first-order valence-corrected chi connectivity index (χ1v) is 12.3. The minimum absolute atomic E-state index is 0.0858. The third-order valence-electron chi connectivity index (χ3n) is 6.69. The number of fused-ring (bicyclic) bond motifs is 1. The highest BCUT2D eigenvalue weighted by atomic mass is 79.9. The monoisotopic (exact) mass is 534 g/mol. The van der Waals surface area contributed by atoms with E-state index in [9.17, 15) is 4.79 Å². The number of rotatable bonds is 5. The number of hydrogen-bond acceptors (Lipinski definition) is 6. The minimum Gasteiger partial charge on any atom is -0.497 e. The number of carbonyl (C=O) groups is 1. The molecule has 3 aromatic carbocycles. The molecule has 35 heavy (non-hydrogen) atoms. The van der Waals surface area contributed by atoms with Gasteiger partial charge in [-0.3, -0.25) is 4.79 Å². The molecule has 0 fully saturated rings. The van der Waals surface area contributed by atoms with Crippen LogP contribution in [0.2, 0.25) is 0 Å². The Morgan fingerprint density at radius 2 is 1.60 bits per heavy atom. The molecule has 0 saturated heterocycles. The van der Waals surface area contributed by atoms with Crippen LogP contribution in [0, 0.1) is 0 Å². The molecule has 0 saturated carbocycles. The van der Waals surface area contributed by atoms with Crippen LogP contribution in [0.15, 0.2) is 76.4 Å². The Balaban J connectivity index is 1.61. The third kappa shape index (κ3) is 4.36. The molecule has 2 N–H and O–H groups in total. The smallest absolute Gasteiger partial charge is 0.174 e. The zero-order chi connectivity index (χ0) is 24.5. The lowest BCUT2D eigenvalue weighted by atomic mass is 9.78. The highest BCUT2D eigenvalue weighted by molar-refractivity contribution is 9.10. The average molecular weight is 535 g/mol. The predicted octanol–water partition coefficient (Wildman–Crippen LogP) is 6.45. The van der Waals surface area contributed by atoms with Crippen molar-refractivity contribution in [2.75, 3.05) is 32.0 Å². The van der Waals surface area contributed by atoms with Crippen molar-refractivity contribution in [3.05, 3.63) is 87.5 Å². The summed E-state index contributed by atoms with van der Waals surface area (Å²) < 4.78 is 17.2. The number of carbonyl (C=O) groups excluding carboxylic acids is 1. The first-order valence-electron chi connectivity index (χ1n) is 11.5. The van der Waals surface area contributed by atoms with Gasteiger partial charge in [0.1, 0.15) is 5.75 Å². The Kier molecular flexibility index (Phi) is 6.43. The standard InChI is InChI=1S/C28H27BrN2O4/c1-33-19-10-8-16(9-11-19)17-13-23-26(24(32)14-17)27(31-22-7-5-4-6-21(22)30-23)18-12-20(29)28(35-3)25(15-18)34-2/h4-12,15,17,27,30-31H,13-14H2,1-3H3/t17-,27-/m1/s1. The summed E-state index contributed by atoms with van der Waals surface area (Å²) >= 11 is 3.61. The van der Waals surface area contributed by atoms with Gasteiger partial charge in [0.15, 0.2) is 17.3 Å². The number of para-hydroxylation sites is 2. The van der Waals surface area contributed by atoms with Crippen molar-refractivity contribution in [2.45, 2.75) is 24.8 Å². The van der Waals surface area contributed by atoms with Crippen LogP contribution in [0.1, 0.15) is 35.9 Å². The fraction of sp³-hybridized carbons (Fsp3) is 0.250. The van der Waals surface area contributed by atoms with E-state index in [0.29, 0.717) is 17.9 Å². The molecule has 0 bridgehead atoms. The Labute approximate surface area is 213 Å². The van der Waals surface area contributed by atoms with Gasteiger partial charge < -0.3 is 24.8 Å². The number of halogens is 1.